The fourth-order valence-electron chi connectivity index (χ4n) is 2.40. The van der Waals surface area contributed by atoms with Crippen molar-refractivity contribution in [2.24, 2.45) is 17.8 Å². The van der Waals surface area contributed by atoms with Crippen LogP contribution in [0.1, 0.15) is 52.9 Å². The molecule has 1 fully saturated rings. The second kappa shape index (κ2) is 4.99. The fraction of sp³-hybridized carbons (Fsp3) is 1.00. The summed E-state index contributed by atoms with van der Waals surface area (Å²) >= 11 is 0. The lowest BCUT2D eigenvalue weighted by Gasteiger charge is -2.24. The maximum absolute atomic E-state index is 9.96. The molecule has 0 radical (unpaired) electrons. The Kier molecular flexibility index (Phi) is 4.24. The Labute approximate surface area is 82.5 Å². The SMILES string of the molecule is CC1CCCC(C(O)C(C)C)CC1. The van der Waals surface area contributed by atoms with Crippen molar-refractivity contribution in [3.63, 3.8) is 0 Å². The van der Waals surface area contributed by atoms with Gasteiger partial charge in [-0.1, -0.05) is 40.0 Å². The third-order valence-electron chi connectivity index (χ3n) is 3.47. The van der Waals surface area contributed by atoms with Crippen molar-refractivity contribution in [3.8, 4) is 0 Å². The minimum atomic E-state index is -0.0645. The van der Waals surface area contributed by atoms with E-state index in [9.17, 15) is 5.11 Å². The fourth-order valence-corrected chi connectivity index (χ4v) is 2.40. The van der Waals surface area contributed by atoms with Gasteiger partial charge in [0.2, 0.25) is 0 Å². The Balaban J connectivity index is 2.41. The molecular weight excluding hydrogens is 160 g/mol. The number of rotatable bonds is 2. The molecule has 78 valence electrons. The monoisotopic (exact) mass is 184 g/mol. The predicted molar refractivity (Wildman–Crippen MR) is 56.6 cm³/mol. The van der Waals surface area contributed by atoms with Gasteiger partial charge >= 0.3 is 0 Å². The molecule has 1 heteroatoms. The zero-order chi connectivity index (χ0) is 9.84. The molecule has 3 unspecified atom stereocenters. The Hall–Kier alpha value is -0.0400. The molecule has 0 bridgehead atoms. The molecule has 1 aliphatic carbocycles. The van der Waals surface area contributed by atoms with Crippen LogP contribution in [0.3, 0.4) is 0 Å². The molecule has 0 aromatic heterocycles. The summed E-state index contributed by atoms with van der Waals surface area (Å²) in [7, 11) is 0. The van der Waals surface area contributed by atoms with Gasteiger partial charge in [0, 0.05) is 0 Å². The van der Waals surface area contributed by atoms with Gasteiger partial charge in [0.25, 0.3) is 0 Å². The summed E-state index contributed by atoms with van der Waals surface area (Å²) < 4.78 is 0. The smallest absolute Gasteiger partial charge is 0.0591 e. The van der Waals surface area contributed by atoms with Gasteiger partial charge in [-0.2, -0.15) is 0 Å². The van der Waals surface area contributed by atoms with Crippen LogP contribution >= 0.6 is 0 Å². The van der Waals surface area contributed by atoms with Gasteiger partial charge in [0.1, 0.15) is 0 Å². The van der Waals surface area contributed by atoms with Crippen LogP contribution in [0, 0.1) is 17.8 Å². The minimum Gasteiger partial charge on any atom is -0.393 e. The first kappa shape index (κ1) is 11.0. The summed E-state index contributed by atoms with van der Waals surface area (Å²) in [6, 6.07) is 0. The van der Waals surface area contributed by atoms with Crippen LogP contribution in [0.25, 0.3) is 0 Å². The third kappa shape index (κ3) is 3.30. The molecular formula is C12H24O. The average Bonchev–Trinajstić information content (AvgIpc) is 2.28. The molecule has 3 atom stereocenters. The van der Waals surface area contributed by atoms with E-state index in [0.29, 0.717) is 11.8 Å². The van der Waals surface area contributed by atoms with E-state index in [2.05, 4.69) is 20.8 Å². The molecule has 1 nitrogen and oxygen atoms in total. The second-order valence-electron chi connectivity index (χ2n) is 5.11. The van der Waals surface area contributed by atoms with Crippen molar-refractivity contribution in [1.82, 2.24) is 0 Å². The zero-order valence-electron chi connectivity index (χ0n) is 9.29. The summed E-state index contributed by atoms with van der Waals surface area (Å²) in [4.78, 5) is 0. The van der Waals surface area contributed by atoms with Crippen molar-refractivity contribution in [2.45, 2.75) is 59.0 Å². The Morgan fingerprint density at radius 3 is 2.38 bits per heavy atom. The number of hydrogen-bond acceptors (Lipinski definition) is 1. The van der Waals surface area contributed by atoms with Gasteiger partial charge < -0.3 is 5.11 Å². The highest BCUT2D eigenvalue weighted by molar-refractivity contribution is 4.75. The quantitative estimate of drug-likeness (QED) is 0.653. The first-order chi connectivity index (χ1) is 6.11. The van der Waals surface area contributed by atoms with E-state index in [0.717, 1.165) is 5.92 Å². The van der Waals surface area contributed by atoms with Crippen LogP contribution in [0.5, 0.6) is 0 Å². The number of hydrogen-bond donors (Lipinski definition) is 1. The first-order valence-electron chi connectivity index (χ1n) is 5.79. The van der Waals surface area contributed by atoms with E-state index in [-0.39, 0.29) is 6.10 Å². The molecule has 0 saturated heterocycles. The van der Waals surface area contributed by atoms with E-state index < -0.39 is 0 Å². The number of aliphatic hydroxyl groups is 1. The van der Waals surface area contributed by atoms with Crippen LogP contribution < -0.4 is 0 Å². The largest absolute Gasteiger partial charge is 0.393 e. The van der Waals surface area contributed by atoms with Crippen LogP contribution in [0.4, 0.5) is 0 Å². The Morgan fingerprint density at radius 2 is 1.77 bits per heavy atom. The van der Waals surface area contributed by atoms with Crippen LogP contribution in [0.15, 0.2) is 0 Å². The maximum atomic E-state index is 9.96. The van der Waals surface area contributed by atoms with E-state index >= 15 is 0 Å². The van der Waals surface area contributed by atoms with Gasteiger partial charge in [-0.05, 0) is 30.6 Å². The van der Waals surface area contributed by atoms with Crippen molar-refractivity contribution < 1.29 is 5.11 Å². The molecule has 0 spiro atoms. The van der Waals surface area contributed by atoms with Crippen LogP contribution in [-0.2, 0) is 0 Å². The van der Waals surface area contributed by atoms with E-state index in [4.69, 9.17) is 0 Å². The molecule has 0 aliphatic heterocycles. The Bertz CT molecular complexity index is 142. The third-order valence-corrected chi connectivity index (χ3v) is 3.47. The molecule has 0 heterocycles. The standard InChI is InChI=1S/C12H24O/c1-9(2)12(13)11-6-4-5-10(3)7-8-11/h9-13H,4-8H2,1-3H3. The van der Waals surface area contributed by atoms with E-state index in [1.165, 1.54) is 32.1 Å². The van der Waals surface area contributed by atoms with Crippen molar-refractivity contribution in [2.75, 3.05) is 0 Å². The predicted octanol–water partition coefficient (Wildman–Crippen LogP) is 3.22. The maximum Gasteiger partial charge on any atom is 0.0591 e. The second-order valence-corrected chi connectivity index (χ2v) is 5.11. The summed E-state index contributed by atoms with van der Waals surface area (Å²) in [5.41, 5.74) is 0. The normalized spacial score (nSPS) is 33.0. The van der Waals surface area contributed by atoms with Gasteiger partial charge in [0.15, 0.2) is 0 Å². The average molecular weight is 184 g/mol. The highest BCUT2D eigenvalue weighted by atomic mass is 16.3. The highest BCUT2D eigenvalue weighted by Crippen LogP contribution is 2.30. The lowest BCUT2D eigenvalue weighted by Crippen LogP contribution is -2.25. The van der Waals surface area contributed by atoms with Crippen molar-refractivity contribution >= 4 is 0 Å². The molecule has 1 saturated carbocycles. The molecule has 1 N–H and O–H groups in total. The molecule has 13 heavy (non-hydrogen) atoms. The summed E-state index contributed by atoms with van der Waals surface area (Å²) in [5.74, 6) is 1.88. The van der Waals surface area contributed by atoms with E-state index in [1.54, 1.807) is 0 Å². The van der Waals surface area contributed by atoms with Gasteiger partial charge in [-0.3, -0.25) is 0 Å². The molecule has 0 amide bonds. The van der Waals surface area contributed by atoms with Crippen LogP contribution in [-0.4, -0.2) is 11.2 Å². The van der Waals surface area contributed by atoms with Crippen molar-refractivity contribution in [3.05, 3.63) is 0 Å². The Morgan fingerprint density at radius 1 is 1.08 bits per heavy atom. The van der Waals surface area contributed by atoms with Gasteiger partial charge in [0.05, 0.1) is 6.10 Å². The molecule has 1 rings (SSSR count). The van der Waals surface area contributed by atoms with Gasteiger partial charge in [-0.25, -0.2) is 0 Å². The summed E-state index contributed by atoms with van der Waals surface area (Å²) in [6.07, 6.45) is 6.40. The highest BCUT2D eigenvalue weighted by Gasteiger charge is 2.24. The van der Waals surface area contributed by atoms with Crippen LogP contribution in [0.2, 0.25) is 0 Å². The first-order valence-corrected chi connectivity index (χ1v) is 5.79. The van der Waals surface area contributed by atoms with Gasteiger partial charge in [-0.15, -0.1) is 0 Å². The van der Waals surface area contributed by atoms with Crippen molar-refractivity contribution in [1.29, 1.82) is 0 Å². The minimum absolute atomic E-state index is 0.0645. The molecule has 0 aromatic rings. The topological polar surface area (TPSA) is 20.2 Å². The summed E-state index contributed by atoms with van der Waals surface area (Å²) in [5, 5.41) is 9.96. The molecule has 0 aromatic carbocycles. The lowest BCUT2D eigenvalue weighted by molar-refractivity contribution is 0.0567. The molecule has 1 aliphatic rings. The summed E-state index contributed by atoms with van der Waals surface area (Å²) in [6.45, 7) is 6.59. The zero-order valence-corrected chi connectivity index (χ0v) is 9.29. The number of aliphatic hydroxyl groups excluding tert-OH is 1. The lowest BCUT2D eigenvalue weighted by atomic mass is 9.87. The van der Waals surface area contributed by atoms with E-state index in [1.807, 2.05) is 0 Å².